The van der Waals surface area contributed by atoms with Gasteiger partial charge in [-0.2, -0.15) is 0 Å². The highest BCUT2D eigenvalue weighted by Gasteiger charge is 2.23. The molecule has 5 rings (SSSR count). The maximum atomic E-state index is 12.9. The van der Waals surface area contributed by atoms with Crippen molar-refractivity contribution in [2.75, 3.05) is 10.6 Å². The maximum Gasteiger partial charge on any atom is 0.291 e. The fraction of sp³-hybridized carbons (Fsp3) is 0.200. The smallest absolute Gasteiger partial charge is 0.291 e. The number of amides is 3. The van der Waals surface area contributed by atoms with Crippen LogP contribution in [0.1, 0.15) is 47.3 Å². The van der Waals surface area contributed by atoms with Crippen LogP contribution in [-0.2, 0) is 11.8 Å². The zero-order valence-corrected chi connectivity index (χ0v) is 22.5. The molecule has 0 aliphatic rings. The summed E-state index contributed by atoms with van der Waals surface area (Å²) in [5.41, 5.74) is 10.8. The number of rotatable bonds is 5. The van der Waals surface area contributed by atoms with Crippen LogP contribution in [0.5, 0.6) is 0 Å². The quantitative estimate of drug-likeness (QED) is 0.247. The normalized spacial score (nSPS) is 11.6. The summed E-state index contributed by atoms with van der Waals surface area (Å²) < 4.78 is 1.66. The number of hydrogen-bond donors (Lipinski definition) is 4. The molecule has 0 radical (unpaired) electrons. The predicted molar refractivity (Wildman–Crippen MR) is 154 cm³/mol. The fourth-order valence-corrected chi connectivity index (χ4v) is 4.66. The molecule has 0 aliphatic heterocycles. The van der Waals surface area contributed by atoms with Gasteiger partial charge in [0.2, 0.25) is 5.91 Å². The Morgan fingerprint density at radius 2 is 1.77 bits per heavy atom. The molecule has 0 aliphatic carbocycles. The molecule has 39 heavy (non-hydrogen) atoms. The van der Waals surface area contributed by atoms with E-state index < -0.39 is 11.3 Å². The minimum absolute atomic E-state index is 0.100. The van der Waals surface area contributed by atoms with Crippen LogP contribution in [0.25, 0.3) is 32.9 Å². The van der Waals surface area contributed by atoms with Crippen LogP contribution < -0.4 is 16.4 Å². The summed E-state index contributed by atoms with van der Waals surface area (Å²) in [6.45, 7) is 7.49. The first-order valence-electron chi connectivity index (χ1n) is 12.5. The zero-order chi connectivity index (χ0) is 28.1. The van der Waals surface area contributed by atoms with Gasteiger partial charge in [-0.1, -0.05) is 45.0 Å². The van der Waals surface area contributed by atoms with Crippen molar-refractivity contribution in [3.05, 3.63) is 77.9 Å². The van der Waals surface area contributed by atoms with Crippen molar-refractivity contribution in [2.24, 2.45) is 18.2 Å². The van der Waals surface area contributed by atoms with Crippen LogP contribution >= 0.6 is 0 Å². The number of benzene rings is 3. The standard InChI is InChI=1S/C30H30N6O3/c1-16-18(7-6-8-22(16)35-28(38)27-32-13-14-36(27)5)19-11-12-21(26(31)37)25-24(19)20-10-9-17(15-23(20)34-25)33-29(39)30(2,3)4/h6-15,34H,1-5H3,(H2,31,37)(H,33,39)(H,35,38). The number of fused-ring (bicyclic) bond motifs is 3. The lowest BCUT2D eigenvalue weighted by molar-refractivity contribution is -0.123. The molecule has 0 unspecified atom stereocenters. The van der Waals surface area contributed by atoms with Gasteiger partial charge in [-0.05, 0) is 47.9 Å². The lowest BCUT2D eigenvalue weighted by atomic mass is 9.93. The number of aryl methyl sites for hydroxylation is 1. The number of hydrogen-bond acceptors (Lipinski definition) is 4. The third kappa shape index (κ3) is 4.63. The molecule has 5 aromatic rings. The van der Waals surface area contributed by atoms with Gasteiger partial charge < -0.3 is 25.9 Å². The SMILES string of the molecule is Cc1c(NC(=O)c2nccn2C)cccc1-c1ccc(C(N)=O)c2[nH]c3cc(NC(=O)C(C)(C)C)ccc3c12. The van der Waals surface area contributed by atoms with E-state index in [1.807, 2.05) is 70.2 Å². The van der Waals surface area contributed by atoms with Crippen molar-refractivity contribution in [3.63, 3.8) is 0 Å². The number of aromatic amines is 1. The van der Waals surface area contributed by atoms with Crippen molar-refractivity contribution in [1.82, 2.24) is 14.5 Å². The van der Waals surface area contributed by atoms with Crippen molar-refractivity contribution < 1.29 is 14.4 Å². The van der Waals surface area contributed by atoms with Crippen LogP contribution in [0, 0.1) is 12.3 Å². The Hall–Kier alpha value is -4.92. The van der Waals surface area contributed by atoms with E-state index in [1.165, 1.54) is 0 Å². The molecule has 3 amide bonds. The fourth-order valence-electron chi connectivity index (χ4n) is 4.66. The summed E-state index contributed by atoms with van der Waals surface area (Å²) in [6, 6.07) is 14.9. The molecule has 0 atom stereocenters. The molecule has 0 bridgehead atoms. The van der Waals surface area contributed by atoms with Crippen molar-refractivity contribution in [2.45, 2.75) is 27.7 Å². The van der Waals surface area contributed by atoms with Crippen LogP contribution in [0.2, 0.25) is 0 Å². The van der Waals surface area contributed by atoms with Gasteiger partial charge in [-0.3, -0.25) is 14.4 Å². The Morgan fingerprint density at radius 1 is 1.00 bits per heavy atom. The van der Waals surface area contributed by atoms with Gasteiger partial charge in [0.05, 0.1) is 11.1 Å². The Bertz CT molecular complexity index is 1790. The predicted octanol–water partition coefficient (Wildman–Crippen LogP) is 5.37. The second-order valence-corrected chi connectivity index (χ2v) is 10.7. The number of aromatic nitrogens is 3. The minimum atomic E-state index is -0.549. The second kappa shape index (κ2) is 9.43. The summed E-state index contributed by atoms with van der Waals surface area (Å²) in [6.07, 6.45) is 3.29. The Kier molecular flexibility index (Phi) is 6.22. The lowest BCUT2D eigenvalue weighted by Crippen LogP contribution is -2.27. The van der Waals surface area contributed by atoms with Crippen molar-refractivity contribution in [3.8, 4) is 11.1 Å². The highest BCUT2D eigenvalue weighted by molar-refractivity contribution is 6.20. The monoisotopic (exact) mass is 522 g/mol. The first-order chi connectivity index (χ1) is 18.5. The third-order valence-electron chi connectivity index (χ3n) is 6.85. The van der Waals surface area contributed by atoms with E-state index >= 15 is 0 Å². The average molecular weight is 523 g/mol. The van der Waals surface area contributed by atoms with Gasteiger partial charge in [0.1, 0.15) is 0 Å². The minimum Gasteiger partial charge on any atom is -0.366 e. The Balaban J connectivity index is 1.64. The number of carbonyl (C=O) groups excluding carboxylic acids is 3. The first-order valence-corrected chi connectivity index (χ1v) is 12.5. The summed E-state index contributed by atoms with van der Waals surface area (Å²) >= 11 is 0. The molecule has 0 fully saturated rings. The van der Waals surface area contributed by atoms with E-state index in [0.717, 1.165) is 33.0 Å². The summed E-state index contributed by atoms with van der Waals surface area (Å²) in [4.78, 5) is 45.2. The van der Waals surface area contributed by atoms with E-state index in [9.17, 15) is 14.4 Å². The number of carbonyl (C=O) groups is 3. The lowest BCUT2D eigenvalue weighted by Gasteiger charge is -2.17. The molecule has 3 aromatic carbocycles. The molecule has 2 heterocycles. The third-order valence-corrected chi connectivity index (χ3v) is 6.85. The zero-order valence-electron chi connectivity index (χ0n) is 22.5. The number of nitrogens with two attached hydrogens (primary N) is 1. The van der Waals surface area contributed by atoms with E-state index in [0.29, 0.717) is 28.3 Å². The molecule has 198 valence electrons. The van der Waals surface area contributed by atoms with E-state index in [1.54, 1.807) is 30.1 Å². The number of H-pyrrole nitrogens is 1. The largest absolute Gasteiger partial charge is 0.366 e. The van der Waals surface area contributed by atoms with Gasteiger partial charge in [0.15, 0.2) is 5.82 Å². The van der Waals surface area contributed by atoms with Crippen molar-refractivity contribution >= 4 is 50.9 Å². The molecule has 0 saturated carbocycles. The van der Waals surface area contributed by atoms with Crippen molar-refractivity contribution in [1.29, 1.82) is 0 Å². The first kappa shape index (κ1) is 25.7. The molecule has 9 heteroatoms. The van der Waals surface area contributed by atoms with E-state index in [2.05, 4.69) is 20.6 Å². The highest BCUT2D eigenvalue weighted by atomic mass is 16.2. The van der Waals surface area contributed by atoms with Crippen LogP contribution in [0.3, 0.4) is 0 Å². The van der Waals surface area contributed by atoms with Crippen LogP contribution in [0.15, 0.2) is 60.9 Å². The molecule has 2 aromatic heterocycles. The van der Waals surface area contributed by atoms with Gasteiger partial charge in [-0.15, -0.1) is 0 Å². The van der Waals surface area contributed by atoms with Crippen LogP contribution in [0.4, 0.5) is 11.4 Å². The summed E-state index contributed by atoms with van der Waals surface area (Å²) in [7, 11) is 1.76. The molecular weight excluding hydrogens is 492 g/mol. The van der Waals surface area contributed by atoms with Crippen LogP contribution in [-0.4, -0.2) is 32.3 Å². The average Bonchev–Trinajstić information content (AvgIpc) is 3.47. The number of anilines is 2. The number of imidazole rings is 1. The maximum absolute atomic E-state index is 12.9. The van der Waals surface area contributed by atoms with E-state index in [4.69, 9.17) is 5.73 Å². The molecular formula is C30H30N6O3. The molecule has 5 N–H and O–H groups in total. The Morgan fingerprint density at radius 3 is 2.44 bits per heavy atom. The van der Waals surface area contributed by atoms with E-state index in [-0.39, 0.29) is 11.8 Å². The Labute approximate surface area is 225 Å². The van der Waals surface area contributed by atoms with Gasteiger partial charge in [0.25, 0.3) is 11.8 Å². The highest BCUT2D eigenvalue weighted by Crippen LogP contribution is 2.39. The summed E-state index contributed by atoms with van der Waals surface area (Å²) in [5.74, 6) is -0.656. The van der Waals surface area contributed by atoms with Gasteiger partial charge in [0, 0.05) is 52.5 Å². The molecule has 9 nitrogen and oxygen atoms in total. The molecule has 0 spiro atoms. The second-order valence-electron chi connectivity index (χ2n) is 10.7. The number of nitrogens with zero attached hydrogens (tertiary/aromatic N) is 2. The van der Waals surface area contributed by atoms with Gasteiger partial charge in [-0.25, -0.2) is 4.98 Å². The topological polar surface area (TPSA) is 135 Å². The molecule has 0 saturated heterocycles. The number of primary amides is 1. The van der Waals surface area contributed by atoms with Gasteiger partial charge >= 0.3 is 0 Å². The number of nitrogens with one attached hydrogen (secondary N) is 3. The summed E-state index contributed by atoms with van der Waals surface area (Å²) in [5, 5.41) is 7.62.